The number of benzene rings is 3. The molecule has 0 saturated heterocycles. The summed E-state index contributed by atoms with van der Waals surface area (Å²) >= 11 is 0. The highest BCUT2D eigenvalue weighted by Gasteiger charge is 2.36. The number of carbonyl (C=O) groups is 1. The Bertz CT molecular complexity index is 1380. The van der Waals surface area contributed by atoms with Gasteiger partial charge in [-0.25, -0.2) is 14.2 Å². The molecule has 7 heteroatoms. The molecule has 0 radical (unpaired) electrons. The Kier molecular flexibility index (Phi) is 5.30. The zero-order valence-corrected chi connectivity index (χ0v) is 18.2. The number of halogens is 1. The maximum atomic E-state index is 13.7. The molecule has 4 aromatic rings. The van der Waals surface area contributed by atoms with Crippen molar-refractivity contribution in [1.29, 1.82) is 0 Å². The lowest BCUT2D eigenvalue weighted by Gasteiger charge is -2.31. The Balaban J connectivity index is 1.83. The normalized spacial score (nSPS) is 15.2. The first kappa shape index (κ1) is 20.8. The summed E-state index contributed by atoms with van der Waals surface area (Å²) < 4.78 is 26.6. The summed E-state index contributed by atoms with van der Waals surface area (Å²) in [7, 11) is 1.60. The van der Waals surface area contributed by atoms with Gasteiger partial charge in [0.2, 0.25) is 5.95 Å². The molecule has 5 rings (SSSR count). The molecule has 3 aromatic carbocycles. The molecule has 0 fully saturated rings. The zero-order valence-electron chi connectivity index (χ0n) is 18.2. The van der Waals surface area contributed by atoms with Crippen LogP contribution in [0.1, 0.15) is 24.1 Å². The van der Waals surface area contributed by atoms with Crippen molar-refractivity contribution in [3.05, 3.63) is 95.3 Å². The van der Waals surface area contributed by atoms with E-state index >= 15 is 0 Å². The van der Waals surface area contributed by atoms with Crippen LogP contribution >= 0.6 is 0 Å². The number of para-hydroxylation sites is 2. The SMILES string of the molecule is CCOC(=O)C1=C(c2ccc(F)cc2)Nc2nc3ccccc3n2C1c1cccc(OC)c1. The quantitative estimate of drug-likeness (QED) is 0.431. The number of nitrogens with one attached hydrogen (secondary N) is 1. The minimum Gasteiger partial charge on any atom is -0.497 e. The van der Waals surface area contributed by atoms with Gasteiger partial charge in [-0.1, -0.05) is 24.3 Å². The summed E-state index contributed by atoms with van der Waals surface area (Å²) in [5.41, 5.74) is 4.09. The van der Waals surface area contributed by atoms with Gasteiger partial charge in [0.1, 0.15) is 11.6 Å². The van der Waals surface area contributed by atoms with E-state index in [1.807, 2.05) is 53.1 Å². The van der Waals surface area contributed by atoms with Crippen LogP contribution in [-0.2, 0) is 9.53 Å². The Hall–Kier alpha value is -4.13. The second kappa shape index (κ2) is 8.43. The van der Waals surface area contributed by atoms with E-state index in [1.54, 1.807) is 26.2 Å². The molecule has 0 bridgehead atoms. The minimum absolute atomic E-state index is 0.224. The third-order valence-electron chi connectivity index (χ3n) is 5.67. The van der Waals surface area contributed by atoms with Crippen LogP contribution in [0.3, 0.4) is 0 Å². The van der Waals surface area contributed by atoms with E-state index in [1.165, 1.54) is 12.1 Å². The number of carbonyl (C=O) groups excluding carboxylic acids is 1. The van der Waals surface area contributed by atoms with Crippen LogP contribution in [0.2, 0.25) is 0 Å². The molecule has 1 atom stereocenters. The lowest BCUT2D eigenvalue weighted by atomic mass is 9.92. The molecule has 166 valence electrons. The summed E-state index contributed by atoms with van der Waals surface area (Å²) in [5.74, 6) is 0.435. The fraction of sp³-hybridized carbons (Fsp3) is 0.154. The molecule has 6 nitrogen and oxygen atoms in total. The summed E-state index contributed by atoms with van der Waals surface area (Å²) in [6, 6.07) is 20.8. The minimum atomic E-state index is -0.539. The molecule has 1 unspecified atom stereocenters. The van der Waals surface area contributed by atoms with Gasteiger partial charge in [0.25, 0.3) is 0 Å². The number of aromatic nitrogens is 2. The van der Waals surface area contributed by atoms with Gasteiger partial charge in [-0.15, -0.1) is 0 Å². The van der Waals surface area contributed by atoms with Gasteiger partial charge in [0.05, 0.1) is 42.1 Å². The summed E-state index contributed by atoms with van der Waals surface area (Å²) in [5, 5.41) is 3.32. The first-order chi connectivity index (χ1) is 16.1. The predicted molar refractivity (Wildman–Crippen MR) is 124 cm³/mol. The first-order valence-electron chi connectivity index (χ1n) is 10.7. The smallest absolute Gasteiger partial charge is 0.338 e. The van der Waals surface area contributed by atoms with Crippen LogP contribution in [0.25, 0.3) is 16.7 Å². The fourth-order valence-corrected chi connectivity index (χ4v) is 4.23. The van der Waals surface area contributed by atoms with Gasteiger partial charge in [-0.3, -0.25) is 4.57 Å². The van der Waals surface area contributed by atoms with Crippen LogP contribution < -0.4 is 10.1 Å². The highest BCUT2D eigenvalue weighted by molar-refractivity contribution is 6.03. The van der Waals surface area contributed by atoms with Gasteiger partial charge >= 0.3 is 5.97 Å². The molecular formula is C26H22FN3O3. The number of anilines is 1. The van der Waals surface area contributed by atoms with Crippen molar-refractivity contribution in [3.63, 3.8) is 0 Å². The number of rotatable bonds is 5. The van der Waals surface area contributed by atoms with E-state index in [0.29, 0.717) is 28.5 Å². The highest BCUT2D eigenvalue weighted by Crippen LogP contribution is 2.42. The van der Waals surface area contributed by atoms with Crippen LogP contribution in [0, 0.1) is 5.82 Å². The van der Waals surface area contributed by atoms with Gasteiger partial charge in [0.15, 0.2) is 0 Å². The standard InChI is InChI=1S/C26H22FN3O3/c1-3-33-25(31)22-23(16-11-13-18(27)14-12-16)29-26-28-20-9-4-5-10-21(20)30(26)24(22)17-7-6-8-19(15-17)32-2/h4-15,24H,3H2,1-2H3,(H,28,29). The second-order valence-corrected chi connectivity index (χ2v) is 7.61. The monoisotopic (exact) mass is 443 g/mol. The van der Waals surface area contributed by atoms with Crippen molar-refractivity contribution in [2.24, 2.45) is 0 Å². The molecule has 0 amide bonds. The molecule has 1 aromatic heterocycles. The Morgan fingerprint density at radius 1 is 1.09 bits per heavy atom. The topological polar surface area (TPSA) is 65.4 Å². The highest BCUT2D eigenvalue weighted by atomic mass is 19.1. The maximum absolute atomic E-state index is 13.7. The van der Waals surface area contributed by atoms with Gasteiger partial charge in [-0.05, 0) is 66.6 Å². The second-order valence-electron chi connectivity index (χ2n) is 7.61. The van der Waals surface area contributed by atoms with Crippen molar-refractivity contribution in [2.45, 2.75) is 13.0 Å². The van der Waals surface area contributed by atoms with E-state index in [9.17, 15) is 9.18 Å². The molecule has 2 heterocycles. The van der Waals surface area contributed by atoms with E-state index in [0.717, 1.165) is 16.6 Å². The van der Waals surface area contributed by atoms with Crippen LogP contribution in [-0.4, -0.2) is 29.2 Å². The lowest BCUT2D eigenvalue weighted by molar-refractivity contribution is -0.138. The number of methoxy groups -OCH3 is 1. The van der Waals surface area contributed by atoms with Gasteiger partial charge < -0.3 is 14.8 Å². The fourth-order valence-electron chi connectivity index (χ4n) is 4.23. The number of nitrogens with zero attached hydrogens (tertiary/aromatic N) is 2. The largest absolute Gasteiger partial charge is 0.497 e. The third-order valence-corrected chi connectivity index (χ3v) is 5.67. The van der Waals surface area contributed by atoms with E-state index in [2.05, 4.69) is 5.32 Å². The number of esters is 1. The van der Waals surface area contributed by atoms with Crippen molar-refractivity contribution in [1.82, 2.24) is 9.55 Å². The maximum Gasteiger partial charge on any atom is 0.338 e. The molecule has 0 aliphatic carbocycles. The molecular weight excluding hydrogens is 421 g/mol. The molecule has 1 aliphatic rings. The summed E-state index contributed by atoms with van der Waals surface area (Å²) in [4.78, 5) is 18.2. The Morgan fingerprint density at radius 2 is 1.88 bits per heavy atom. The molecule has 1 aliphatic heterocycles. The third kappa shape index (κ3) is 3.61. The van der Waals surface area contributed by atoms with E-state index in [4.69, 9.17) is 14.5 Å². The van der Waals surface area contributed by atoms with Gasteiger partial charge in [-0.2, -0.15) is 0 Å². The molecule has 33 heavy (non-hydrogen) atoms. The number of hydrogen-bond donors (Lipinski definition) is 1. The van der Waals surface area contributed by atoms with Crippen LogP contribution in [0.4, 0.5) is 10.3 Å². The van der Waals surface area contributed by atoms with Crippen LogP contribution in [0.5, 0.6) is 5.75 Å². The summed E-state index contributed by atoms with van der Waals surface area (Å²) in [6.45, 7) is 1.99. The zero-order chi connectivity index (χ0) is 22.9. The van der Waals surface area contributed by atoms with Crippen molar-refractivity contribution >= 4 is 28.6 Å². The number of imidazole rings is 1. The van der Waals surface area contributed by atoms with E-state index < -0.39 is 12.0 Å². The lowest BCUT2D eigenvalue weighted by Crippen LogP contribution is -2.29. The Morgan fingerprint density at radius 3 is 2.64 bits per heavy atom. The average molecular weight is 443 g/mol. The molecule has 0 saturated carbocycles. The number of ether oxygens (including phenoxy) is 2. The number of fused-ring (bicyclic) bond motifs is 3. The van der Waals surface area contributed by atoms with Crippen molar-refractivity contribution < 1.29 is 18.7 Å². The Labute approximate surface area is 190 Å². The van der Waals surface area contributed by atoms with Crippen molar-refractivity contribution in [3.8, 4) is 5.75 Å². The van der Waals surface area contributed by atoms with Gasteiger partial charge in [0, 0.05) is 0 Å². The van der Waals surface area contributed by atoms with Crippen LogP contribution in [0.15, 0.2) is 78.4 Å². The predicted octanol–water partition coefficient (Wildman–Crippen LogP) is 5.17. The van der Waals surface area contributed by atoms with E-state index in [-0.39, 0.29) is 12.4 Å². The average Bonchev–Trinajstić information content (AvgIpc) is 3.22. The molecule has 1 N–H and O–H groups in total. The number of hydrogen-bond acceptors (Lipinski definition) is 5. The summed E-state index contributed by atoms with van der Waals surface area (Å²) in [6.07, 6.45) is 0. The van der Waals surface area contributed by atoms with Crippen molar-refractivity contribution in [2.75, 3.05) is 19.0 Å². The molecule has 0 spiro atoms. The first-order valence-corrected chi connectivity index (χ1v) is 10.7.